The molecule has 0 bridgehead atoms. The van der Waals surface area contributed by atoms with Gasteiger partial charge in [0.15, 0.2) is 0 Å². The molecule has 1 N–H and O–H groups in total. The number of halogens is 3. The Morgan fingerprint density at radius 2 is 1.95 bits per heavy atom. The molecule has 0 radical (unpaired) electrons. The molecule has 112 valence electrons. The van der Waals surface area contributed by atoms with Gasteiger partial charge in [-0.1, -0.05) is 39.7 Å². The van der Waals surface area contributed by atoms with Crippen LogP contribution in [0.1, 0.15) is 24.1 Å². The summed E-state index contributed by atoms with van der Waals surface area (Å²) < 4.78 is 20.5. The van der Waals surface area contributed by atoms with Crippen molar-refractivity contribution in [1.82, 2.24) is 5.32 Å². The predicted molar refractivity (Wildman–Crippen MR) is 87.6 cm³/mol. The maximum Gasteiger partial charge on any atom is 0.129 e. The molecule has 0 amide bonds. The van der Waals surface area contributed by atoms with Crippen LogP contribution < -0.4 is 10.1 Å². The third kappa shape index (κ3) is 3.76. The Bertz CT molecular complexity index is 636. The van der Waals surface area contributed by atoms with Crippen molar-refractivity contribution in [3.8, 4) is 5.75 Å². The summed E-state index contributed by atoms with van der Waals surface area (Å²) in [7, 11) is 1.79. The van der Waals surface area contributed by atoms with Crippen molar-refractivity contribution >= 4 is 27.5 Å². The van der Waals surface area contributed by atoms with Crippen LogP contribution in [0.2, 0.25) is 5.02 Å². The summed E-state index contributed by atoms with van der Waals surface area (Å²) in [6.45, 7) is 2.54. The van der Waals surface area contributed by atoms with Crippen LogP contribution in [-0.2, 0) is 0 Å². The number of benzene rings is 2. The van der Waals surface area contributed by atoms with Crippen LogP contribution in [0.5, 0.6) is 5.75 Å². The van der Waals surface area contributed by atoms with E-state index in [1.54, 1.807) is 19.2 Å². The van der Waals surface area contributed by atoms with Gasteiger partial charge in [0.2, 0.25) is 0 Å². The molecule has 0 saturated carbocycles. The van der Waals surface area contributed by atoms with E-state index in [1.807, 2.05) is 25.1 Å². The van der Waals surface area contributed by atoms with Crippen LogP contribution in [0.3, 0.4) is 0 Å². The zero-order chi connectivity index (χ0) is 15.4. The van der Waals surface area contributed by atoms with Gasteiger partial charge in [0, 0.05) is 15.1 Å². The molecule has 0 fully saturated rings. The molecule has 2 rings (SSSR count). The molecule has 0 aliphatic carbocycles. The van der Waals surface area contributed by atoms with Gasteiger partial charge in [0.1, 0.15) is 11.6 Å². The topological polar surface area (TPSA) is 21.3 Å². The molecular formula is C16H16BrClFNO. The van der Waals surface area contributed by atoms with Crippen LogP contribution in [-0.4, -0.2) is 13.7 Å². The molecule has 0 aliphatic heterocycles. The fourth-order valence-corrected chi connectivity index (χ4v) is 2.96. The smallest absolute Gasteiger partial charge is 0.129 e. The molecule has 0 spiro atoms. The Morgan fingerprint density at radius 1 is 1.24 bits per heavy atom. The Labute approximate surface area is 137 Å². The Morgan fingerprint density at radius 3 is 2.52 bits per heavy atom. The first-order chi connectivity index (χ1) is 10.1. The minimum atomic E-state index is -0.331. The first-order valence-electron chi connectivity index (χ1n) is 6.61. The molecule has 0 aromatic heterocycles. The van der Waals surface area contributed by atoms with Gasteiger partial charge in [-0.05, 0) is 43.8 Å². The summed E-state index contributed by atoms with van der Waals surface area (Å²) in [5.74, 6) is 0.446. The lowest BCUT2D eigenvalue weighted by Gasteiger charge is -2.20. The molecule has 1 atom stereocenters. The third-order valence-corrected chi connectivity index (χ3v) is 4.08. The molecule has 0 aliphatic rings. The second-order valence-electron chi connectivity index (χ2n) is 4.50. The second-order valence-corrected chi connectivity index (χ2v) is 5.79. The molecule has 1 unspecified atom stereocenters. The van der Waals surface area contributed by atoms with Crippen LogP contribution >= 0.6 is 27.5 Å². The fraction of sp³-hybridized carbons (Fsp3) is 0.250. The normalized spacial score (nSPS) is 12.2. The Kier molecular flexibility index (Phi) is 5.62. The lowest BCUT2D eigenvalue weighted by atomic mass is 9.98. The van der Waals surface area contributed by atoms with Crippen LogP contribution in [0.25, 0.3) is 0 Å². The van der Waals surface area contributed by atoms with Crippen LogP contribution in [0.15, 0.2) is 40.9 Å². The van der Waals surface area contributed by atoms with E-state index in [-0.39, 0.29) is 11.9 Å². The molecule has 2 aromatic rings. The largest absolute Gasteiger partial charge is 0.494 e. The van der Waals surface area contributed by atoms with Crippen molar-refractivity contribution in [3.05, 3.63) is 62.8 Å². The standard InChI is InChI=1S/C16H16BrClFNO/c1-3-21-11-5-7-12(14(17)9-11)16(20-2)13-6-4-10(18)8-15(13)19/h4-9,16,20H,3H2,1-2H3. The summed E-state index contributed by atoms with van der Waals surface area (Å²) in [6.07, 6.45) is 0. The van der Waals surface area contributed by atoms with Crippen molar-refractivity contribution in [2.45, 2.75) is 13.0 Å². The van der Waals surface area contributed by atoms with E-state index in [0.717, 1.165) is 15.8 Å². The van der Waals surface area contributed by atoms with Gasteiger partial charge in [0.25, 0.3) is 0 Å². The zero-order valence-corrected chi connectivity index (χ0v) is 14.1. The van der Waals surface area contributed by atoms with Crippen molar-refractivity contribution < 1.29 is 9.13 Å². The SMILES string of the molecule is CCOc1ccc(C(NC)c2ccc(Cl)cc2F)c(Br)c1. The van der Waals surface area contributed by atoms with Crippen molar-refractivity contribution in [3.63, 3.8) is 0 Å². The zero-order valence-electron chi connectivity index (χ0n) is 11.8. The third-order valence-electron chi connectivity index (χ3n) is 3.16. The first-order valence-corrected chi connectivity index (χ1v) is 7.78. The van der Waals surface area contributed by atoms with Gasteiger partial charge in [-0.2, -0.15) is 0 Å². The van der Waals surface area contributed by atoms with E-state index < -0.39 is 0 Å². The fourth-order valence-electron chi connectivity index (χ4n) is 2.21. The Hall–Kier alpha value is -1.10. The molecule has 2 aromatic carbocycles. The molecule has 5 heteroatoms. The molecule has 0 saturated heterocycles. The maximum absolute atomic E-state index is 14.1. The van der Waals surface area contributed by atoms with Gasteiger partial charge in [-0.3, -0.25) is 0 Å². The van der Waals surface area contributed by atoms with Crippen molar-refractivity contribution in [2.24, 2.45) is 0 Å². The number of nitrogens with one attached hydrogen (secondary N) is 1. The number of ether oxygens (including phenoxy) is 1. The average Bonchev–Trinajstić information content (AvgIpc) is 2.44. The maximum atomic E-state index is 14.1. The summed E-state index contributed by atoms with van der Waals surface area (Å²) >= 11 is 9.34. The summed E-state index contributed by atoms with van der Waals surface area (Å²) in [5, 5.41) is 3.52. The number of rotatable bonds is 5. The highest BCUT2D eigenvalue weighted by Gasteiger charge is 2.19. The molecule has 2 nitrogen and oxygen atoms in total. The first kappa shape index (κ1) is 16.3. The van der Waals surface area contributed by atoms with Gasteiger partial charge in [0.05, 0.1) is 12.6 Å². The minimum Gasteiger partial charge on any atom is -0.494 e. The molecule has 21 heavy (non-hydrogen) atoms. The van der Waals surface area contributed by atoms with Crippen LogP contribution in [0.4, 0.5) is 4.39 Å². The highest BCUT2D eigenvalue weighted by Crippen LogP contribution is 2.33. The van der Waals surface area contributed by atoms with Gasteiger partial charge in [-0.15, -0.1) is 0 Å². The number of hydrogen-bond donors (Lipinski definition) is 1. The quantitative estimate of drug-likeness (QED) is 0.802. The van der Waals surface area contributed by atoms with E-state index in [1.165, 1.54) is 6.07 Å². The highest BCUT2D eigenvalue weighted by atomic mass is 79.9. The second kappa shape index (κ2) is 7.25. The Balaban J connectivity index is 2.41. The lowest BCUT2D eigenvalue weighted by Crippen LogP contribution is -2.19. The van der Waals surface area contributed by atoms with E-state index in [2.05, 4.69) is 21.2 Å². The van der Waals surface area contributed by atoms with Crippen molar-refractivity contribution in [1.29, 1.82) is 0 Å². The molecule has 0 heterocycles. The summed E-state index contributed by atoms with van der Waals surface area (Å²) in [5.41, 5.74) is 1.48. The minimum absolute atomic E-state index is 0.271. The molecular weight excluding hydrogens is 357 g/mol. The van der Waals surface area contributed by atoms with E-state index in [4.69, 9.17) is 16.3 Å². The number of hydrogen-bond acceptors (Lipinski definition) is 2. The predicted octanol–water partition coefficient (Wildman–Crippen LogP) is 4.95. The lowest BCUT2D eigenvalue weighted by molar-refractivity contribution is 0.340. The summed E-state index contributed by atoms with van der Waals surface area (Å²) in [6, 6.07) is 10.1. The van der Waals surface area contributed by atoms with Crippen LogP contribution in [0, 0.1) is 5.82 Å². The average molecular weight is 373 g/mol. The van der Waals surface area contributed by atoms with Gasteiger partial charge < -0.3 is 10.1 Å². The monoisotopic (exact) mass is 371 g/mol. The van der Waals surface area contributed by atoms with E-state index in [0.29, 0.717) is 17.2 Å². The highest BCUT2D eigenvalue weighted by molar-refractivity contribution is 9.10. The van der Waals surface area contributed by atoms with E-state index >= 15 is 0 Å². The summed E-state index contributed by atoms with van der Waals surface area (Å²) in [4.78, 5) is 0. The van der Waals surface area contributed by atoms with Gasteiger partial charge in [-0.25, -0.2) is 4.39 Å². The van der Waals surface area contributed by atoms with E-state index in [9.17, 15) is 4.39 Å². The van der Waals surface area contributed by atoms with Crippen molar-refractivity contribution in [2.75, 3.05) is 13.7 Å². The van der Waals surface area contributed by atoms with Gasteiger partial charge >= 0.3 is 0 Å².